The van der Waals surface area contributed by atoms with Gasteiger partial charge in [0.2, 0.25) is 0 Å². The molecule has 2 heteroatoms. The van der Waals surface area contributed by atoms with Gasteiger partial charge in [-0.1, -0.05) is 33.6 Å². The van der Waals surface area contributed by atoms with E-state index in [1.54, 1.807) is 0 Å². The van der Waals surface area contributed by atoms with E-state index in [4.69, 9.17) is 11.5 Å². The lowest BCUT2D eigenvalue weighted by molar-refractivity contribution is 0.485. The predicted octanol–water partition coefficient (Wildman–Crippen LogP) is 1.74. The monoisotopic (exact) mass is 160 g/mol. The lowest BCUT2D eigenvalue weighted by Gasteiger charge is -2.09. The van der Waals surface area contributed by atoms with Crippen LogP contribution < -0.4 is 11.5 Å². The summed E-state index contributed by atoms with van der Waals surface area (Å²) in [6.45, 7) is 7.68. The molecule has 0 radical (unpaired) electrons. The van der Waals surface area contributed by atoms with Gasteiger partial charge in [0.25, 0.3) is 0 Å². The molecule has 0 aromatic carbocycles. The maximum absolute atomic E-state index is 5.44. The van der Waals surface area contributed by atoms with Crippen LogP contribution in [0.25, 0.3) is 0 Å². The smallest absolute Gasteiger partial charge is 0.00368 e. The minimum atomic E-state index is 0.560. The Labute approximate surface area is 71.3 Å². The van der Waals surface area contributed by atoms with E-state index in [9.17, 15) is 0 Å². The highest BCUT2D eigenvalue weighted by atomic mass is 14.6. The number of unbranched alkanes of at least 4 members (excludes halogenated alkanes) is 1. The van der Waals surface area contributed by atoms with Gasteiger partial charge in [0.15, 0.2) is 0 Å². The summed E-state index contributed by atoms with van der Waals surface area (Å²) < 4.78 is 0. The fraction of sp³-hybridized carbons (Fsp3) is 1.00. The van der Waals surface area contributed by atoms with Gasteiger partial charge in [-0.25, -0.2) is 0 Å². The molecule has 0 aromatic heterocycles. The van der Waals surface area contributed by atoms with Crippen molar-refractivity contribution < 1.29 is 0 Å². The first-order chi connectivity index (χ1) is 5.35. The van der Waals surface area contributed by atoms with Crippen LogP contribution in [0.5, 0.6) is 0 Å². The highest BCUT2D eigenvalue weighted by Gasteiger charge is 2.00. The molecule has 0 saturated carbocycles. The summed E-state index contributed by atoms with van der Waals surface area (Å²) in [5.74, 6) is 0.560. The molecule has 70 valence electrons. The minimum Gasteiger partial charge on any atom is -0.330 e. The summed E-state index contributed by atoms with van der Waals surface area (Å²) >= 11 is 0. The van der Waals surface area contributed by atoms with Crippen LogP contribution in [0.3, 0.4) is 0 Å². The SMILES string of the molecule is CC.CCCCC(CN)CN. The summed E-state index contributed by atoms with van der Waals surface area (Å²) in [6, 6.07) is 0. The molecule has 0 fully saturated rings. The number of rotatable bonds is 5. The van der Waals surface area contributed by atoms with Crippen LogP contribution in [-0.4, -0.2) is 13.1 Å². The zero-order valence-electron chi connectivity index (χ0n) is 8.27. The lowest BCUT2D eigenvalue weighted by Crippen LogP contribution is -2.22. The third-order valence-corrected chi connectivity index (χ3v) is 1.63. The Hall–Kier alpha value is -0.0800. The summed E-state index contributed by atoms with van der Waals surface area (Å²) in [7, 11) is 0. The Bertz CT molecular complexity index is 51.5. The Morgan fingerprint density at radius 3 is 1.82 bits per heavy atom. The van der Waals surface area contributed by atoms with Crippen LogP contribution in [-0.2, 0) is 0 Å². The third-order valence-electron chi connectivity index (χ3n) is 1.63. The molecule has 0 aliphatic heterocycles. The van der Waals surface area contributed by atoms with Gasteiger partial charge in [-0.15, -0.1) is 0 Å². The molecule has 0 aromatic rings. The molecule has 0 bridgehead atoms. The summed E-state index contributed by atoms with van der Waals surface area (Å²) in [4.78, 5) is 0. The van der Waals surface area contributed by atoms with E-state index in [2.05, 4.69) is 6.92 Å². The third kappa shape index (κ3) is 9.92. The fourth-order valence-corrected chi connectivity index (χ4v) is 0.825. The molecule has 0 amide bonds. The summed E-state index contributed by atoms with van der Waals surface area (Å²) in [5, 5.41) is 0. The van der Waals surface area contributed by atoms with Gasteiger partial charge in [-0.05, 0) is 25.4 Å². The molecule has 4 N–H and O–H groups in total. The number of hydrogen-bond acceptors (Lipinski definition) is 2. The summed E-state index contributed by atoms with van der Waals surface area (Å²) in [6.07, 6.45) is 3.71. The van der Waals surface area contributed by atoms with Crippen molar-refractivity contribution in [1.82, 2.24) is 0 Å². The van der Waals surface area contributed by atoms with Gasteiger partial charge in [-0.3, -0.25) is 0 Å². The standard InChI is InChI=1S/C7H18N2.C2H6/c1-2-3-4-7(5-8)6-9;1-2/h7H,2-6,8-9H2,1H3;1-2H3. The van der Waals surface area contributed by atoms with Crippen LogP contribution in [0, 0.1) is 5.92 Å². The molecule has 0 aliphatic carbocycles. The van der Waals surface area contributed by atoms with E-state index < -0.39 is 0 Å². The molecule has 0 unspecified atom stereocenters. The van der Waals surface area contributed by atoms with E-state index in [1.807, 2.05) is 13.8 Å². The largest absolute Gasteiger partial charge is 0.330 e. The molecule has 0 saturated heterocycles. The highest BCUT2D eigenvalue weighted by molar-refractivity contribution is 4.59. The second kappa shape index (κ2) is 12.6. The maximum Gasteiger partial charge on any atom is -0.00368 e. The molecule has 0 rings (SSSR count). The van der Waals surface area contributed by atoms with Crippen LogP contribution in [0.2, 0.25) is 0 Å². The van der Waals surface area contributed by atoms with Crippen LogP contribution in [0.15, 0.2) is 0 Å². The topological polar surface area (TPSA) is 52.0 Å². The van der Waals surface area contributed by atoms with Crippen molar-refractivity contribution in [2.24, 2.45) is 17.4 Å². The fourth-order valence-electron chi connectivity index (χ4n) is 0.825. The average Bonchev–Trinajstić information content (AvgIpc) is 2.10. The maximum atomic E-state index is 5.44. The molecule has 0 heterocycles. The first-order valence-electron chi connectivity index (χ1n) is 4.75. The summed E-state index contributed by atoms with van der Waals surface area (Å²) in [5.41, 5.74) is 10.9. The zero-order chi connectivity index (χ0) is 9.11. The van der Waals surface area contributed by atoms with Gasteiger partial charge >= 0.3 is 0 Å². The van der Waals surface area contributed by atoms with E-state index in [0.717, 1.165) is 13.1 Å². The van der Waals surface area contributed by atoms with Gasteiger partial charge in [0.05, 0.1) is 0 Å². The first kappa shape index (κ1) is 13.5. The molecule has 0 spiro atoms. The predicted molar refractivity (Wildman–Crippen MR) is 52.5 cm³/mol. The second-order valence-corrected chi connectivity index (χ2v) is 2.48. The number of hydrogen-bond donors (Lipinski definition) is 2. The molecular formula is C9H24N2. The van der Waals surface area contributed by atoms with Gasteiger partial charge in [-0.2, -0.15) is 0 Å². The van der Waals surface area contributed by atoms with Crippen molar-refractivity contribution in [3.8, 4) is 0 Å². The molecule has 2 nitrogen and oxygen atoms in total. The van der Waals surface area contributed by atoms with Crippen LogP contribution in [0.1, 0.15) is 40.0 Å². The minimum absolute atomic E-state index is 0.560. The Morgan fingerprint density at radius 2 is 1.55 bits per heavy atom. The molecule has 11 heavy (non-hydrogen) atoms. The van der Waals surface area contributed by atoms with Gasteiger partial charge < -0.3 is 11.5 Å². The Balaban J connectivity index is 0. The van der Waals surface area contributed by atoms with Crippen molar-refractivity contribution in [2.75, 3.05) is 13.1 Å². The van der Waals surface area contributed by atoms with Crippen LogP contribution >= 0.6 is 0 Å². The lowest BCUT2D eigenvalue weighted by atomic mass is 10.0. The van der Waals surface area contributed by atoms with Gasteiger partial charge in [0.1, 0.15) is 0 Å². The van der Waals surface area contributed by atoms with Crippen LogP contribution in [0.4, 0.5) is 0 Å². The van der Waals surface area contributed by atoms with E-state index in [-0.39, 0.29) is 0 Å². The van der Waals surface area contributed by atoms with E-state index >= 15 is 0 Å². The van der Waals surface area contributed by atoms with Crippen molar-refractivity contribution in [3.63, 3.8) is 0 Å². The van der Waals surface area contributed by atoms with E-state index in [1.165, 1.54) is 19.3 Å². The molecule has 0 atom stereocenters. The van der Waals surface area contributed by atoms with E-state index in [0.29, 0.717) is 5.92 Å². The first-order valence-corrected chi connectivity index (χ1v) is 4.75. The van der Waals surface area contributed by atoms with Gasteiger partial charge in [0, 0.05) is 0 Å². The normalized spacial score (nSPS) is 9.27. The van der Waals surface area contributed by atoms with Crippen molar-refractivity contribution in [1.29, 1.82) is 0 Å². The van der Waals surface area contributed by atoms with Crippen molar-refractivity contribution in [3.05, 3.63) is 0 Å². The molecular weight excluding hydrogens is 136 g/mol. The quantitative estimate of drug-likeness (QED) is 0.643. The number of nitrogens with two attached hydrogens (primary N) is 2. The molecule has 0 aliphatic rings. The second-order valence-electron chi connectivity index (χ2n) is 2.48. The zero-order valence-corrected chi connectivity index (χ0v) is 8.27. The Morgan fingerprint density at radius 1 is 1.09 bits per heavy atom. The average molecular weight is 160 g/mol. The highest BCUT2D eigenvalue weighted by Crippen LogP contribution is 2.04. The Kier molecular flexibility index (Phi) is 15.4. The van der Waals surface area contributed by atoms with Crippen molar-refractivity contribution in [2.45, 2.75) is 40.0 Å². The van der Waals surface area contributed by atoms with Crippen molar-refractivity contribution >= 4 is 0 Å².